The lowest BCUT2D eigenvalue weighted by Crippen LogP contribution is -2.44. The van der Waals surface area contributed by atoms with Crippen molar-refractivity contribution >= 4 is 28.4 Å². The Morgan fingerprint density at radius 1 is 0.613 bits per heavy atom. The number of benzene rings is 4. The summed E-state index contributed by atoms with van der Waals surface area (Å²) < 4.78 is 1.20. The Morgan fingerprint density at radius 3 is 1.90 bits per heavy atom. The highest BCUT2D eigenvalue weighted by atomic mass is 127. The average Bonchev–Trinajstić information content (AvgIpc) is 2.85. The molecule has 1 aliphatic heterocycles. The fourth-order valence-corrected chi connectivity index (χ4v) is 4.55. The summed E-state index contributed by atoms with van der Waals surface area (Å²) in [5.74, 6) is 0.901. The highest BCUT2D eigenvalue weighted by Crippen LogP contribution is 2.30. The van der Waals surface area contributed by atoms with Gasteiger partial charge in [0.1, 0.15) is 18.2 Å². The summed E-state index contributed by atoms with van der Waals surface area (Å²) in [7, 11) is 0. The minimum absolute atomic E-state index is 0.0306. The molecule has 5 rings (SSSR count). The third-order valence-electron chi connectivity index (χ3n) is 5.39. The minimum atomic E-state index is -0.154. The smallest absolute Gasteiger partial charge is 0.131 e. The Labute approximate surface area is 196 Å². The maximum atomic E-state index is 5.07. The Kier molecular flexibility index (Phi) is 5.82. The first kappa shape index (κ1) is 20.0. The van der Waals surface area contributed by atoms with Gasteiger partial charge in [0.15, 0.2) is 0 Å². The first-order valence-electron chi connectivity index (χ1n) is 10.3. The van der Waals surface area contributed by atoms with Crippen LogP contribution in [0.15, 0.2) is 114 Å². The van der Waals surface area contributed by atoms with Gasteiger partial charge in [0.05, 0.1) is 0 Å². The molecule has 0 aromatic heterocycles. The van der Waals surface area contributed by atoms with Crippen molar-refractivity contribution in [2.24, 2.45) is 4.99 Å². The van der Waals surface area contributed by atoms with Crippen LogP contribution in [0.5, 0.6) is 0 Å². The maximum Gasteiger partial charge on any atom is 0.131 e. The molecule has 1 aliphatic rings. The van der Waals surface area contributed by atoms with E-state index < -0.39 is 0 Å². The van der Waals surface area contributed by atoms with E-state index in [2.05, 4.69) is 112 Å². The van der Waals surface area contributed by atoms with Crippen LogP contribution in [0.4, 0.5) is 0 Å². The fourth-order valence-electron chi connectivity index (χ4n) is 3.86. The van der Waals surface area contributed by atoms with E-state index in [1.165, 1.54) is 20.3 Å². The molecule has 2 N–H and O–H groups in total. The molecule has 152 valence electrons. The monoisotopic (exact) mass is 515 g/mol. The number of halogens is 1. The zero-order valence-electron chi connectivity index (χ0n) is 16.9. The number of nitrogens with zero attached hydrogens (tertiary/aromatic N) is 1. The maximum absolute atomic E-state index is 5.07. The van der Waals surface area contributed by atoms with Gasteiger partial charge < -0.3 is 5.32 Å². The van der Waals surface area contributed by atoms with Gasteiger partial charge in [-0.2, -0.15) is 0 Å². The molecule has 4 heteroatoms. The van der Waals surface area contributed by atoms with E-state index in [1.54, 1.807) is 0 Å². The fraction of sp³-hybridized carbons (Fsp3) is 0.0741. The first-order valence-corrected chi connectivity index (χ1v) is 11.4. The highest BCUT2D eigenvalue weighted by molar-refractivity contribution is 14.1. The first-order chi connectivity index (χ1) is 15.3. The molecule has 2 unspecified atom stereocenters. The second kappa shape index (κ2) is 9.04. The lowest BCUT2D eigenvalue weighted by Gasteiger charge is -2.32. The van der Waals surface area contributed by atoms with Crippen molar-refractivity contribution in [2.75, 3.05) is 0 Å². The highest BCUT2D eigenvalue weighted by Gasteiger charge is 2.25. The summed E-state index contributed by atoms with van der Waals surface area (Å²) in [6, 6.07) is 38.0. The predicted molar refractivity (Wildman–Crippen MR) is 136 cm³/mol. The molecule has 0 amide bonds. The van der Waals surface area contributed by atoms with Crippen LogP contribution in [0.25, 0.3) is 11.1 Å². The largest absolute Gasteiger partial charge is 0.350 e. The molecule has 3 nitrogen and oxygen atoms in total. The number of aliphatic imine (C=N–C) groups is 1. The number of hydrogen-bond donors (Lipinski definition) is 2. The van der Waals surface area contributed by atoms with E-state index in [9.17, 15) is 0 Å². The van der Waals surface area contributed by atoms with Crippen molar-refractivity contribution in [2.45, 2.75) is 12.3 Å². The SMILES string of the molecule is Ic1cc(-c2ccccc2)cc(C2N=C(c3ccccc3)NC(c3ccccc3)N2)c1. The van der Waals surface area contributed by atoms with E-state index in [-0.39, 0.29) is 12.3 Å². The molecule has 1 heterocycles. The lowest BCUT2D eigenvalue weighted by atomic mass is 10.0. The number of rotatable bonds is 4. The second-order valence-electron chi connectivity index (χ2n) is 7.54. The number of nitrogens with one attached hydrogen (secondary N) is 2. The van der Waals surface area contributed by atoms with Crippen LogP contribution in [0.1, 0.15) is 29.0 Å². The number of hydrogen-bond acceptors (Lipinski definition) is 3. The quantitative estimate of drug-likeness (QED) is 0.313. The van der Waals surface area contributed by atoms with Crippen LogP contribution < -0.4 is 10.6 Å². The van der Waals surface area contributed by atoms with Crippen LogP contribution >= 0.6 is 22.6 Å². The second-order valence-corrected chi connectivity index (χ2v) is 8.79. The van der Waals surface area contributed by atoms with Gasteiger partial charge in [-0.15, -0.1) is 0 Å². The van der Waals surface area contributed by atoms with Crippen molar-refractivity contribution in [3.63, 3.8) is 0 Å². The Morgan fingerprint density at radius 2 is 1.23 bits per heavy atom. The van der Waals surface area contributed by atoms with Gasteiger partial charge in [0.2, 0.25) is 0 Å². The normalized spacial score (nSPS) is 18.2. The molecule has 0 bridgehead atoms. The molecule has 0 fully saturated rings. The summed E-state index contributed by atoms with van der Waals surface area (Å²) in [6.07, 6.45) is -0.184. The molecule has 0 spiro atoms. The van der Waals surface area contributed by atoms with E-state index in [0.29, 0.717) is 0 Å². The third-order valence-corrected chi connectivity index (χ3v) is 6.01. The Balaban J connectivity index is 1.57. The van der Waals surface area contributed by atoms with Gasteiger partial charge in [0.25, 0.3) is 0 Å². The van der Waals surface area contributed by atoms with Crippen molar-refractivity contribution in [3.8, 4) is 11.1 Å². The van der Waals surface area contributed by atoms with Gasteiger partial charge in [0, 0.05) is 9.13 Å². The Hall–Kier alpha value is -2.96. The van der Waals surface area contributed by atoms with Gasteiger partial charge in [-0.25, -0.2) is 4.99 Å². The topological polar surface area (TPSA) is 36.4 Å². The van der Waals surface area contributed by atoms with Crippen molar-refractivity contribution in [3.05, 3.63) is 129 Å². The van der Waals surface area contributed by atoms with Crippen LogP contribution in [-0.2, 0) is 0 Å². The summed E-state index contributed by atoms with van der Waals surface area (Å²) in [6.45, 7) is 0. The van der Waals surface area contributed by atoms with Crippen LogP contribution in [0, 0.1) is 3.57 Å². The molecule has 0 radical (unpaired) electrons. The molecular formula is C27H22IN3. The molecular weight excluding hydrogens is 493 g/mol. The summed E-state index contributed by atoms with van der Waals surface area (Å²) in [5.41, 5.74) is 5.84. The molecule has 0 aliphatic carbocycles. The van der Waals surface area contributed by atoms with Gasteiger partial charge in [-0.1, -0.05) is 91.0 Å². The van der Waals surface area contributed by atoms with E-state index in [0.717, 1.165) is 17.0 Å². The summed E-state index contributed by atoms with van der Waals surface area (Å²) in [4.78, 5) is 5.07. The Bertz CT molecular complexity index is 1190. The standard InChI is InChI=1S/C27H22IN3/c28-24-17-22(19-10-4-1-5-11-19)16-23(18-24)27-30-25(20-12-6-2-7-13-20)29-26(31-27)21-14-8-3-9-15-21/h1-18,25,27,30H,(H,29,31). The molecule has 0 saturated carbocycles. The molecule has 2 atom stereocenters. The molecule has 4 aromatic rings. The number of amidine groups is 1. The van der Waals surface area contributed by atoms with E-state index >= 15 is 0 Å². The van der Waals surface area contributed by atoms with Crippen LogP contribution in [0.3, 0.4) is 0 Å². The van der Waals surface area contributed by atoms with E-state index in [1.807, 2.05) is 30.3 Å². The van der Waals surface area contributed by atoms with Gasteiger partial charge in [-0.05, 0) is 63.0 Å². The van der Waals surface area contributed by atoms with Gasteiger partial charge >= 0.3 is 0 Å². The zero-order chi connectivity index (χ0) is 21.0. The third kappa shape index (κ3) is 4.55. The summed E-state index contributed by atoms with van der Waals surface area (Å²) in [5, 5.41) is 7.27. The van der Waals surface area contributed by atoms with Crippen molar-refractivity contribution in [1.29, 1.82) is 0 Å². The zero-order valence-corrected chi connectivity index (χ0v) is 19.0. The summed E-state index contributed by atoms with van der Waals surface area (Å²) >= 11 is 2.40. The molecule has 0 saturated heterocycles. The molecule has 31 heavy (non-hydrogen) atoms. The average molecular weight is 515 g/mol. The van der Waals surface area contributed by atoms with E-state index in [4.69, 9.17) is 4.99 Å². The van der Waals surface area contributed by atoms with Crippen molar-refractivity contribution < 1.29 is 0 Å². The van der Waals surface area contributed by atoms with Crippen molar-refractivity contribution in [1.82, 2.24) is 10.6 Å². The lowest BCUT2D eigenvalue weighted by molar-refractivity contribution is 0.409. The molecule has 4 aromatic carbocycles. The van der Waals surface area contributed by atoms with Crippen LogP contribution in [0.2, 0.25) is 0 Å². The minimum Gasteiger partial charge on any atom is -0.350 e. The predicted octanol–water partition coefficient (Wildman–Crippen LogP) is 6.30. The van der Waals surface area contributed by atoms with Crippen LogP contribution in [-0.4, -0.2) is 5.84 Å². The van der Waals surface area contributed by atoms with Gasteiger partial charge in [-0.3, -0.25) is 5.32 Å².